The Balaban J connectivity index is 1.71. The highest BCUT2D eigenvalue weighted by atomic mass is 35.5. The van der Waals surface area contributed by atoms with Gasteiger partial charge in [-0.3, -0.25) is 9.59 Å². The highest BCUT2D eigenvalue weighted by molar-refractivity contribution is 6.26. The monoisotopic (exact) mass is 288 g/mol. The molecule has 2 bridgehead atoms. The number of ether oxygens (including phenoxy) is 3. The first kappa shape index (κ1) is 13.2. The second kappa shape index (κ2) is 4.35. The van der Waals surface area contributed by atoms with E-state index in [1.54, 1.807) is 0 Å². The van der Waals surface area contributed by atoms with E-state index in [4.69, 9.17) is 25.8 Å². The summed E-state index contributed by atoms with van der Waals surface area (Å²) in [6.07, 6.45) is 0.579. The molecule has 19 heavy (non-hydrogen) atoms. The summed E-state index contributed by atoms with van der Waals surface area (Å²) in [5.41, 5.74) is -0.504. The van der Waals surface area contributed by atoms with Gasteiger partial charge < -0.3 is 14.2 Å². The van der Waals surface area contributed by atoms with Gasteiger partial charge in [0.05, 0.1) is 24.7 Å². The van der Waals surface area contributed by atoms with E-state index >= 15 is 0 Å². The molecule has 0 saturated carbocycles. The maximum absolute atomic E-state index is 11.9. The van der Waals surface area contributed by atoms with E-state index in [1.165, 1.54) is 0 Å². The second-order valence-corrected chi connectivity index (χ2v) is 6.29. The molecule has 0 amide bonds. The molecule has 0 N–H and O–H groups in total. The van der Waals surface area contributed by atoms with Crippen molar-refractivity contribution >= 4 is 23.5 Å². The first-order valence-electron chi connectivity index (χ1n) is 6.54. The van der Waals surface area contributed by atoms with E-state index in [-0.39, 0.29) is 41.8 Å². The number of alkyl halides is 1. The van der Waals surface area contributed by atoms with Gasteiger partial charge in [0.1, 0.15) is 11.5 Å². The van der Waals surface area contributed by atoms with Crippen molar-refractivity contribution in [1.29, 1.82) is 0 Å². The quantitative estimate of drug-likeness (QED) is 0.575. The zero-order chi connectivity index (χ0) is 13.8. The number of hydrogen-bond acceptors (Lipinski definition) is 5. The van der Waals surface area contributed by atoms with Gasteiger partial charge >= 0.3 is 11.9 Å². The Labute approximate surface area is 116 Å². The SMILES string of the molecule is CC1(C)OC(=O)C2C3CC(COC(=O)CCl)C(O3)C21. The molecule has 3 aliphatic heterocycles. The van der Waals surface area contributed by atoms with Crippen LogP contribution in [0, 0.1) is 17.8 Å². The fraction of sp³-hybridized carbons (Fsp3) is 0.846. The van der Waals surface area contributed by atoms with Gasteiger partial charge in [0.15, 0.2) is 0 Å². The molecule has 5 atom stereocenters. The van der Waals surface area contributed by atoms with Crippen LogP contribution in [0.1, 0.15) is 20.3 Å². The first-order valence-corrected chi connectivity index (χ1v) is 7.07. The summed E-state index contributed by atoms with van der Waals surface area (Å²) in [6, 6.07) is 0. The number of fused-ring (bicyclic) bond motifs is 5. The average molecular weight is 289 g/mol. The van der Waals surface area contributed by atoms with Crippen LogP contribution in [-0.2, 0) is 23.8 Å². The number of esters is 2. The highest BCUT2D eigenvalue weighted by Crippen LogP contribution is 2.55. The van der Waals surface area contributed by atoms with Crippen LogP contribution in [-0.4, -0.2) is 42.2 Å². The maximum atomic E-state index is 11.9. The summed E-state index contributed by atoms with van der Waals surface area (Å²) in [6.45, 7) is 4.14. The van der Waals surface area contributed by atoms with Crippen molar-refractivity contribution in [3.05, 3.63) is 0 Å². The Kier molecular flexibility index (Phi) is 3.02. The van der Waals surface area contributed by atoms with Gasteiger partial charge in [0.2, 0.25) is 0 Å². The standard InChI is InChI=1S/C13H17ClO5/c1-13(2)10-9(12(16)19-13)7-3-6(11(10)18-7)5-17-8(15)4-14/h6-7,9-11H,3-5H2,1-2H3. The molecule has 0 aromatic heterocycles. The molecule has 0 aromatic rings. The van der Waals surface area contributed by atoms with Crippen LogP contribution < -0.4 is 0 Å². The molecule has 3 fully saturated rings. The molecular weight excluding hydrogens is 272 g/mol. The Hall–Kier alpha value is -0.810. The predicted molar refractivity (Wildman–Crippen MR) is 65.6 cm³/mol. The Morgan fingerprint density at radius 2 is 2.26 bits per heavy atom. The van der Waals surface area contributed by atoms with Gasteiger partial charge in [-0.05, 0) is 20.3 Å². The molecule has 106 valence electrons. The summed E-state index contributed by atoms with van der Waals surface area (Å²) >= 11 is 5.40. The van der Waals surface area contributed by atoms with Crippen LogP contribution in [0.4, 0.5) is 0 Å². The van der Waals surface area contributed by atoms with Crippen LogP contribution >= 0.6 is 11.6 Å². The van der Waals surface area contributed by atoms with Gasteiger partial charge in [-0.15, -0.1) is 11.6 Å². The fourth-order valence-corrected chi connectivity index (χ4v) is 3.85. The lowest BCUT2D eigenvalue weighted by Crippen LogP contribution is -2.42. The summed E-state index contributed by atoms with van der Waals surface area (Å²) in [5, 5.41) is 0. The van der Waals surface area contributed by atoms with Crippen LogP contribution in [0.15, 0.2) is 0 Å². The van der Waals surface area contributed by atoms with Crippen molar-refractivity contribution < 1.29 is 23.8 Å². The molecule has 3 saturated heterocycles. The Morgan fingerprint density at radius 1 is 1.53 bits per heavy atom. The van der Waals surface area contributed by atoms with E-state index in [2.05, 4.69) is 0 Å². The minimum atomic E-state index is -0.504. The van der Waals surface area contributed by atoms with Crippen molar-refractivity contribution in [2.45, 2.75) is 38.1 Å². The largest absolute Gasteiger partial charge is 0.464 e. The van der Waals surface area contributed by atoms with Crippen molar-refractivity contribution in [1.82, 2.24) is 0 Å². The lowest BCUT2D eigenvalue weighted by molar-refractivity contribution is -0.153. The zero-order valence-corrected chi connectivity index (χ0v) is 11.7. The minimum absolute atomic E-state index is 0.0541. The lowest BCUT2D eigenvalue weighted by atomic mass is 9.70. The van der Waals surface area contributed by atoms with Gasteiger partial charge in [-0.1, -0.05) is 0 Å². The highest BCUT2D eigenvalue weighted by Gasteiger charge is 2.66. The molecule has 0 aromatic carbocycles. The maximum Gasteiger partial charge on any atom is 0.320 e. The van der Waals surface area contributed by atoms with Crippen molar-refractivity contribution in [2.24, 2.45) is 17.8 Å². The third kappa shape index (κ3) is 1.94. The summed E-state index contributed by atoms with van der Waals surface area (Å²) in [5.74, 6) is -0.677. The summed E-state index contributed by atoms with van der Waals surface area (Å²) in [4.78, 5) is 23.0. The van der Waals surface area contributed by atoms with Crippen molar-refractivity contribution in [3.63, 3.8) is 0 Å². The molecule has 0 spiro atoms. The topological polar surface area (TPSA) is 61.8 Å². The first-order chi connectivity index (χ1) is 8.94. The molecule has 0 radical (unpaired) electrons. The normalized spacial score (nSPS) is 42.1. The number of hydrogen-bond donors (Lipinski definition) is 0. The lowest BCUT2D eigenvalue weighted by Gasteiger charge is -2.32. The van der Waals surface area contributed by atoms with Crippen molar-refractivity contribution in [2.75, 3.05) is 12.5 Å². The number of cyclic esters (lactones) is 1. The van der Waals surface area contributed by atoms with E-state index in [0.29, 0.717) is 6.61 Å². The smallest absolute Gasteiger partial charge is 0.320 e. The van der Waals surface area contributed by atoms with Crippen LogP contribution in [0.25, 0.3) is 0 Å². The van der Waals surface area contributed by atoms with Gasteiger partial charge in [0.25, 0.3) is 0 Å². The van der Waals surface area contributed by atoms with Gasteiger partial charge in [-0.2, -0.15) is 0 Å². The third-order valence-electron chi connectivity index (χ3n) is 4.48. The number of halogens is 1. The third-order valence-corrected chi connectivity index (χ3v) is 4.70. The van der Waals surface area contributed by atoms with E-state index in [9.17, 15) is 9.59 Å². The summed E-state index contributed by atoms with van der Waals surface area (Å²) < 4.78 is 16.4. The molecule has 5 nitrogen and oxygen atoms in total. The zero-order valence-electron chi connectivity index (χ0n) is 10.9. The second-order valence-electron chi connectivity index (χ2n) is 6.03. The van der Waals surface area contributed by atoms with Gasteiger partial charge in [-0.25, -0.2) is 0 Å². The molecule has 0 aliphatic carbocycles. The van der Waals surface area contributed by atoms with Crippen LogP contribution in [0.5, 0.6) is 0 Å². The molecular formula is C13H17ClO5. The molecule has 3 heterocycles. The number of carbonyl (C=O) groups is 2. The summed E-state index contributed by atoms with van der Waals surface area (Å²) in [7, 11) is 0. The predicted octanol–water partition coefficient (Wildman–Crippen LogP) is 1.12. The van der Waals surface area contributed by atoms with Gasteiger partial charge in [0, 0.05) is 11.8 Å². The van der Waals surface area contributed by atoms with E-state index in [1.807, 2.05) is 13.8 Å². The molecule has 3 rings (SSSR count). The number of carbonyl (C=O) groups excluding carboxylic acids is 2. The Bertz CT molecular complexity index is 421. The van der Waals surface area contributed by atoms with Crippen molar-refractivity contribution in [3.8, 4) is 0 Å². The average Bonchev–Trinajstić information content (AvgIpc) is 2.97. The number of rotatable bonds is 3. The molecule has 5 unspecified atom stereocenters. The van der Waals surface area contributed by atoms with Crippen LogP contribution in [0.2, 0.25) is 0 Å². The van der Waals surface area contributed by atoms with Crippen LogP contribution in [0.3, 0.4) is 0 Å². The van der Waals surface area contributed by atoms with E-state index in [0.717, 1.165) is 6.42 Å². The minimum Gasteiger partial charge on any atom is -0.464 e. The Morgan fingerprint density at radius 3 is 2.95 bits per heavy atom. The molecule has 3 aliphatic rings. The fourth-order valence-electron chi connectivity index (χ4n) is 3.77. The molecule has 6 heteroatoms. The van der Waals surface area contributed by atoms with E-state index < -0.39 is 11.6 Å².